The maximum absolute atomic E-state index is 10.8. The minimum absolute atomic E-state index is 0.662. The Balaban J connectivity index is 1.77. The van der Waals surface area contributed by atoms with Gasteiger partial charge in [-0.1, -0.05) is 30.3 Å². The number of piperazine rings is 1. The standard InChI is InChI=1S/C18H21N3O2/c1-14-11-17(21-9-7-20(13-22)8-10-21)19-12-16(14)18(23)15-5-3-2-4-6-15/h2-6,11-13,18,23H,7-10H2,1H3. The van der Waals surface area contributed by atoms with Crippen LogP contribution in [0.4, 0.5) is 5.82 Å². The summed E-state index contributed by atoms with van der Waals surface area (Å²) in [7, 11) is 0. The van der Waals surface area contributed by atoms with Crippen molar-refractivity contribution in [1.82, 2.24) is 9.88 Å². The number of rotatable bonds is 4. The van der Waals surface area contributed by atoms with Crippen LogP contribution in [0.25, 0.3) is 0 Å². The molecule has 1 N–H and O–H groups in total. The molecule has 0 spiro atoms. The molecule has 3 rings (SSSR count). The van der Waals surface area contributed by atoms with E-state index in [1.165, 1.54) is 0 Å². The molecule has 1 aliphatic rings. The number of aryl methyl sites for hydroxylation is 1. The zero-order chi connectivity index (χ0) is 16.2. The number of carbonyl (C=O) groups excluding carboxylic acids is 1. The molecule has 1 aliphatic heterocycles. The van der Waals surface area contributed by atoms with Crippen LogP contribution in [-0.4, -0.2) is 47.6 Å². The zero-order valence-corrected chi connectivity index (χ0v) is 13.2. The number of aliphatic hydroxyl groups excluding tert-OH is 1. The molecule has 1 aromatic carbocycles. The third-order valence-corrected chi connectivity index (χ3v) is 4.33. The summed E-state index contributed by atoms with van der Waals surface area (Å²) in [6, 6.07) is 11.6. The quantitative estimate of drug-likeness (QED) is 0.874. The molecular formula is C18H21N3O2. The normalized spacial score (nSPS) is 16.3. The van der Waals surface area contributed by atoms with Crippen LogP contribution in [0, 0.1) is 6.92 Å². The molecule has 1 amide bonds. The van der Waals surface area contributed by atoms with E-state index >= 15 is 0 Å². The summed E-state index contributed by atoms with van der Waals surface area (Å²) in [5.74, 6) is 0.900. The fourth-order valence-corrected chi connectivity index (χ4v) is 2.88. The highest BCUT2D eigenvalue weighted by molar-refractivity contribution is 5.50. The molecule has 0 saturated carbocycles. The van der Waals surface area contributed by atoms with Gasteiger partial charge in [0.25, 0.3) is 0 Å². The molecule has 0 radical (unpaired) electrons. The first-order valence-electron chi connectivity index (χ1n) is 7.83. The molecule has 2 heterocycles. The number of carbonyl (C=O) groups is 1. The molecule has 0 bridgehead atoms. The van der Waals surface area contributed by atoms with Gasteiger partial charge < -0.3 is 14.9 Å². The Morgan fingerprint density at radius 2 is 1.87 bits per heavy atom. The summed E-state index contributed by atoms with van der Waals surface area (Å²) in [6.07, 6.45) is 1.99. The van der Waals surface area contributed by atoms with Crippen LogP contribution in [0.5, 0.6) is 0 Å². The van der Waals surface area contributed by atoms with Gasteiger partial charge in [0.1, 0.15) is 11.9 Å². The largest absolute Gasteiger partial charge is 0.384 e. The van der Waals surface area contributed by atoms with Crippen LogP contribution >= 0.6 is 0 Å². The summed E-state index contributed by atoms with van der Waals surface area (Å²) < 4.78 is 0. The summed E-state index contributed by atoms with van der Waals surface area (Å²) >= 11 is 0. The smallest absolute Gasteiger partial charge is 0.209 e. The fraction of sp³-hybridized carbons (Fsp3) is 0.333. The third-order valence-electron chi connectivity index (χ3n) is 4.33. The van der Waals surface area contributed by atoms with Crippen molar-refractivity contribution in [3.8, 4) is 0 Å². The average molecular weight is 311 g/mol. The van der Waals surface area contributed by atoms with E-state index in [4.69, 9.17) is 0 Å². The van der Waals surface area contributed by atoms with E-state index in [1.807, 2.05) is 43.3 Å². The predicted octanol–water partition coefficient (Wildman–Crippen LogP) is 1.75. The van der Waals surface area contributed by atoms with Crippen molar-refractivity contribution >= 4 is 12.2 Å². The number of anilines is 1. The number of aliphatic hydroxyl groups is 1. The minimum Gasteiger partial charge on any atom is -0.384 e. The first-order chi connectivity index (χ1) is 11.2. The Labute approximate surface area is 136 Å². The van der Waals surface area contributed by atoms with Crippen molar-refractivity contribution in [2.75, 3.05) is 31.1 Å². The highest BCUT2D eigenvalue weighted by Crippen LogP contribution is 2.26. The molecule has 23 heavy (non-hydrogen) atoms. The molecule has 2 aromatic rings. The van der Waals surface area contributed by atoms with Crippen molar-refractivity contribution in [2.45, 2.75) is 13.0 Å². The van der Waals surface area contributed by atoms with Crippen LogP contribution in [-0.2, 0) is 4.79 Å². The van der Waals surface area contributed by atoms with Crippen molar-refractivity contribution in [2.24, 2.45) is 0 Å². The SMILES string of the molecule is Cc1cc(N2CCN(C=O)CC2)ncc1C(O)c1ccccc1. The van der Waals surface area contributed by atoms with Gasteiger partial charge in [-0.2, -0.15) is 0 Å². The summed E-state index contributed by atoms with van der Waals surface area (Å²) in [4.78, 5) is 19.2. The fourth-order valence-electron chi connectivity index (χ4n) is 2.88. The Kier molecular flexibility index (Phi) is 4.57. The van der Waals surface area contributed by atoms with Crippen LogP contribution in [0.3, 0.4) is 0 Å². The molecule has 1 unspecified atom stereocenters. The first-order valence-corrected chi connectivity index (χ1v) is 7.83. The molecule has 5 heteroatoms. The Morgan fingerprint density at radius 3 is 2.48 bits per heavy atom. The lowest BCUT2D eigenvalue weighted by atomic mass is 9.99. The van der Waals surface area contributed by atoms with E-state index in [0.29, 0.717) is 0 Å². The van der Waals surface area contributed by atoms with Gasteiger partial charge in [-0.15, -0.1) is 0 Å². The summed E-state index contributed by atoms with van der Waals surface area (Å²) in [6.45, 7) is 5.00. The molecular weight excluding hydrogens is 290 g/mol. The number of hydrogen-bond acceptors (Lipinski definition) is 4. The maximum Gasteiger partial charge on any atom is 0.209 e. The lowest BCUT2D eigenvalue weighted by Gasteiger charge is -2.33. The number of aromatic nitrogens is 1. The number of benzene rings is 1. The van der Waals surface area contributed by atoms with E-state index in [2.05, 4.69) is 9.88 Å². The van der Waals surface area contributed by atoms with Crippen molar-refractivity contribution in [3.63, 3.8) is 0 Å². The van der Waals surface area contributed by atoms with E-state index in [0.717, 1.165) is 55.1 Å². The molecule has 120 valence electrons. The van der Waals surface area contributed by atoms with Gasteiger partial charge >= 0.3 is 0 Å². The van der Waals surface area contributed by atoms with Crippen molar-refractivity contribution < 1.29 is 9.90 Å². The van der Waals surface area contributed by atoms with Crippen molar-refractivity contribution in [3.05, 3.63) is 59.3 Å². The van der Waals surface area contributed by atoms with Crippen LogP contribution in [0.15, 0.2) is 42.6 Å². The van der Waals surface area contributed by atoms with Crippen LogP contribution < -0.4 is 4.90 Å². The van der Waals surface area contributed by atoms with Gasteiger partial charge in [-0.25, -0.2) is 4.98 Å². The molecule has 5 nitrogen and oxygen atoms in total. The van der Waals surface area contributed by atoms with Crippen LogP contribution in [0.1, 0.15) is 22.8 Å². The van der Waals surface area contributed by atoms with Gasteiger partial charge in [0.2, 0.25) is 6.41 Å². The number of hydrogen-bond donors (Lipinski definition) is 1. The highest BCUT2D eigenvalue weighted by atomic mass is 16.3. The molecule has 0 aliphatic carbocycles. The second-order valence-electron chi connectivity index (χ2n) is 5.84. The number of nitrogens with zero attached hydrogens (tertiary/aromatic N) is 3. The molecule has 1 atom stereocenters. The van der Waals surface area contributed by atoms with E-state index < -0.39 is 6.10 Å². The second-order valence-corrected chi connectivity index (χ2v) is 5.84. The number of pyridine rings is 1. The molecule has 1 aromatic heterocycles. The van der Waals surface area contributed by atoms with Gasteiger partial charge in [0.05, 0.1) is 0 Å². The molecule has 1 saturated heterocycles. The Morgan fingerprint density at radius 1 is 1.17 bits per heavy atom. The summed E-state index contributed by atoms with van der Waals surface area (Å²) in [5, 5.41) is 10.5. The van der Waals surface area contributed by atoms with Crippen molar-refractivity contribution in [1.29, 1.82) is 0 Å². The van der Waals surface area contributed by atoms with E-state index in [1.54, 1.807) is 11.1 Å². The third kappa shape index (κ3) is 3.35. The second kappa shape index (κ2) is 6.79. The molecule has 1 fully saturated rings. The maximum atomic E-state index is 10.8. The monoisotopic (exact) mass is 311 g/mol. The van der Waals surface area contributed by atoms with Gasteiger partial charge in [-0.3, -0.25) is 4.79 Å². The Bertz CT molecular complexity index is 667. The predicted molar refractivity (Wildman–Crippen MR) is 89.3 cm³/mol. The van der Waals surface area contributed by atoms with Gasteiger partial charge in [0.15, 0.2) is 0 Å². The summed E-state index contributed by atoms with van der Waals surface area (Å²) in [5.41, 5.74) is 2.71. The lowest BCUT2D eigenvalue weighted by molar-refractivity contribution is -0.118. The first kappa shape index (κ1) is 15.5. The Hall–Kier alpha value is -2.40. The zero-order valence-electron chi connectivity index (χ0n) is 13.2. The number of amides is 1. The minimum atomic E-state index is -0.662. The average Bonchev–Trinajstić information content (AvgIpc) is 2.62. The van der Waals surface area contributed by atoms with Gasteiger partial charge in [-0.05, 0) is 24.1 Å². The topological polar surface area (TPSA) is 56.7 Å². The van der Waals surface area contributed by atoms with E-state index in [9.17, 15) is 9.90 Å². The van der Waals surface area contributed by atoms with E-state index in [-0.39, 0.29) is 0 Å². The van der Waals surface area contributed by atoms with Crippen LogP contribution in [0.2, 0.25) is 0 Å². The highest BCUT2D eigenvalue weighted by Gasteiger charge is 2.19. The lowest BCUT2D eigenvalue weighted by Crippen LogP contribution is -2.46. The van der Waals surface area contributed by atoms with Gasteiger partial charge in [0, 0.05) is 37.9 Å².